The van der Waals surface area contributed by atoms with E-state index in [4.69, 9.17) is 11.6 Å². The number of unbranched alkanes of at least 4 members (excludes halogenated alkanes) is 4. The molecule has 0 saturated heterocycles. The number of carbonyl (C=O) groups excluding carboxylic acids is 1. The standard InChI is InChI=1S/C17H23ClN4O/c1-2-3-4-5-6-10-16(23)21-17-15(12-19-22-17)20-14-9-7-8-13(18)11-14/h7-9,11-12,20H,2-6,10H2,1H3,(H2,19,21,22,23). The van der Waals surface area contributed by atoms with Crippen LogP contribution < -0.4 is 10.6 Å². The first-order chi connectivity index (χ1) is 11.2. The molecular weight excluding hydrogens is 312 g/mol. The number of hydrogen-bond donors (Lipinski definition) is 3. The first kappa shape index (κ1) is 17.3. The van der Waals surface area contributed by atoms with E-state index in [9.17, 15) is 4.79 Å². The topological polar surface area (TPSA) is 69.8 Å². The monoisotopic (exact) mass is 334 g/mol. The van der Waals surface area contributed by atoms with Crippen LogP contribution in [0.4, 0.5) is 17.2 Å². The fourth-order valence-electron chi connectivity index (χ4n) is 2.29. The van der Waals surface area contributed by atoms with Crippen molar-refractivity contribution < 1.29 is 4.79 Å². The molecule has 0 bridgehead atoms. The molecule has 0 radical (unpaired) electrons. The van der Waals surface area contributed by atoms with Gasteiger partial charge in [0, 0.05) is 17.1 Å². The number of halogens is 1. The minimum Gasteiger partial charge on any atom is -0.351 e. The SMILES string of the molecule is CCCCCCCC(=O)Nc1[nH]ncc1Nc1cccc(Cl)c1. The van der Waals surface area contributed by atoms with Crippen molar-refractivity contribution in [1.29, 1.82) is 0 Å². The average molecular weight is 335 g/mol. The van der Waals surface area contributed by atoms with E-state index in [1.54, 1.807) is 6.20 Å². The van der Waals surface area contributed by atoms with Crippen LogP contribution in [0.1, 0.15) is 45.4 Å². The number of hydrogen-bond acceptors (Lipinski definition) is 3. The van der Waals surface area contributed by atoms with Gasteiger partial charge >= 0.3 is 0 Å². The van der Waals surface area contributed by atoms with Crippen LogP contribution >= 0.6 is 11.6 Å². The summed E-state index contributed by atoms with van der Waals surface area (Å²) in [5, 5.41) is 13.5. The van der Waals surface area contributed by atoms with Gasteiger partial charge in [0.2, 0.25) is 5.91 Å². The van der Waals surface area contributed by atoms with Gasteiger partial charge in [-0.2, -0.15) is 5.10 Å². The molecule has 2 rings (SSSR count). The van der Waals surface area contributed by atoms with E-state index >= 15 is 0 Å². The van der Waals surface area contributed by atoms with Gasteiger partial charge in [-0.05, 0) is 24.6 Å². The highest BCUT2D eigenvalue weighted by Crippen LogP contribution is 2.24. The summed E-state index contributed by atoms with van der Waals surface area (Å²) in [6, 6.07) is 7.38. The molecule has 3 N–H and O–H groups in total. The molecule has 0 aliphatic rings. The summed E-state index contributed by atoms with van der Waals surface area (Å²) in [4.78, 5) is 12.0. The second-order valence-electron chi connectivity index (χ2n) is 5.51. The third kappa shape index (κ3) is 5.94. The lowest BCUT2D eigenvalue weighted by Crippen LogP contribution is -2.12. The lowest BCUT2D eigenvalue weighted by molar-refractivity contribution is -0.116. The van der Waals surface area contributed by atoms with Gasteiger partial charge in [0.25, 0.3) is 0 Å². The summed E-state index contributed by atoms with van der Waals surface area (Å²) < 4.78 is 0. The van der Waals surface area contributed by atoms with Gasteiger partial charge in [-0.1, -0.05) is 50.3 Å². The Morgan fingerprint density at radius 3 is 2.87 bits per heavy atom. The average Bonchev–Trinajstić information content (AvgIpc) is 2.94. The number of nitrogens with one attached hydrogen (secondary N) is 3. The lowest BCUT2D eigenvalue weighted by atomic mass is 10.1. The maximum absolute atomic E-state index is 12.0. The molecule has 0 spiro atoms. The van der Waals surface area contributed by atoms with E-state index in [1.807, 2.05) is 24.3 Å². The van der Waals surface area contributed by atoms with E-state index < -0.39 is 0 Å². The third-order valence-corrected chi connectivity index (χ3v) is 3.75. The number of rotatable bonds is 9. The zero-order valence-corrected chi connectivity index (χ0v) is 14.1. The van der Waals surface area contributed by atoms with Crippen molar-refractivity contribution in [1.82, 2.24) is 10.2 Å². The molecule has 0 aliphatic heterocycles. The Morgan fingerprint density at radius 2 is 2.09 bits per heavy atom. The Balaban J connectivity index is 1.84. The number of anilines is 3. The van der Waals surface area contributed by atoms with Gasteiger partial charge in [0.05, 0.1) is 6.20 Å². The van der Waals surface area contributed by atoms with Gasteiger partial charge in [0.1, 0.15) is 5.69 Å². The fraction of sp³-hybridized carbons (Fsp3) is 0.412. The molecule has 5 nitrogen and oxygen atoms in total. The highest BCUT2D eigenvalue weighted by Gasteiger charge is 2.09. The second-order valence-corrected chi connectivity index (χ2v) is 5.94. The Bertz CT molecular complexity index is 627. The molecule has 1 aromatic heterocycles. The maximum atomic E-state index is 12.0. The van der Waals surface area contributed by atoms with E-state index in [0.717, 1.165) is 18.5 Å². The quantitative estimate of drug-likeness (QED) is 0.558. The summed E-state index contributed by atoms with van der Waals surface area (Å²) in [7, 11) is 0. The second kappa shape index (κ2) is 9.20. The Morgan fingerprint density at radius 1 is 1.26 bits per heavy atom. The number of nitrogens with zero attached hydrogens (tertiary/aromatic N) is 1. The van der Waals surface area contributed by atoms with Gasteiger partial charge in [-0.25, -0.2) is 0 Å². The number of carbonyl (C=O) groups is 1. The van der Waals surface area contributed by atoms with Crippen molar-refractivity contribution in [2.24, 2.45) is 0 Å². The Hall–Kier alpha value is -2.01. The van der Waals surface area contributed by atoms with Crippen molar-refractivity contribution in [2.75, 3.05) is 10.6 Å². The molecule has 6 heteroatoms. The van der Waals surface area contributed by atoms with Crippen LogP contribution in [0.5, 0.6) is 0 Å². The van der Waals surface area contributed by atoms with Crippen molar-refractivity contribution in [3.8, 4) is 0 Å². The van der Waals surface area contributed by atoms with E-state index in [1.165, 1.54) is 19.3 Å². The predicted molar refractivity (Wildman–Crippen MR) is 95.3 cm³/mol. The summed E-state index contributed by atoms with van der Waals surface area (Å²) >= 11 is 5.97. The van der Waals surface area contributed by atoms with Crippen LogP contribution in [0.15, 0.2) is 30.5 Å². The maximum Gasteiger partial charge on any atom is 0.225 e. The lowest BCUT2D eigenvalue weighted by Gasteiger charge is -2.08. The first-order valence-corrected chi connectivity index (χ1v) is 8.42. The Labute approximate surface area is 141 Å². The molecule has 1 aromatic carbocycles. The molecule has 0 atom stereocenters. The van der Waals surface area contributed by atoms with Crippen LogP contribution in [0, 0.1) is 0 Å². The minimum atomic E-state index is -0.0000995. The van der Waals surface area contributed by atoms with Crippen molar-refractivity contribution >= 4 is 34.7 Å². The van der Waals surface area contributed by atoms with E-state index in [-0.39, 0.29) is 5.91 Å². The Kier molecular flexibility index (Phi) is 6.94. The molecule has 2 aromatic rings. The number of H-pyrrole nitrogens is 1. The van der Waals surface area contributed by atoms with Crippen molar-refractivity contribution in [3.63, 3.8) is 0 Å². The van der Waals surface area contributed by atoms with Crippen molar-refractivity contribution in [2.45, 2.75) is 45.4 Å². The molecule has 0 fully saturated rings. The zero-order valence-electron chi connectivity index (χ0n) is 13.4. The van der Waals surface area contributed by atoms with Crippen LogP contribution in [0.25, 0.3) is 0 Å². The van der Waals surface area contributed by atoms with E-state index in [2.05, 4.69) is 27.8 Å². The number of benzene rings is 1. The molecule has 0 saturated carbocycles. The molecule has 124 valence electrons. The van der Waals surface area contributed by atoms with Gasteiger partial charge in [-0.3, -0.25) is 9.89 Å². The highest BCUT2D eigenvalue weighted by atomic mass is 35.5. The van der Waals surface area contributed by atoms with Crippen LogP contribution in [0.3, 0.4) is 0 Å². The van der Waals surface area contributed by atoms with Crippen LogP contribution in [-0.4, -0.2) is 16.1 Å². The predicted octanol–water partition coefficient (Wildman–Crippen LogP) is 5.11. The largest absolute Gasteiger partial charge is 0.351 e. The first-order valence-electron chi connectivity index (χ1n) is 8.05. The number of aromatic nitrogens is 2. The minimum absolute atomic E-state index is 0.0000995. The molecule has 0 aliphatic carbocycles. The molecule has 1 heterocycles. The number of aromatic amines is 1. The van der Waals surface area contributed by atoms with Crippen molar-refractivity contribution in [3.05, 3.63) is 35.5 Å². The molecule has 0 unspecified atom stereocenters. The van der Waals surface area contributed by atoms with Crippen LogP contribution in [0.2, 0.25) is 5.02 Å². The third-order valence-electron chi connectivity index (χ3n) is 3.51. The fourth-order valence-corrected chi connectivity index (χ4v) is 2.48. The smallest absolute Gasteiger partial charge is 0.225 e. The van der Waals surface area contributed by atoms with Gasteiger partial charge < -0.3 is 10.6 Å². The molecular formula is C17H23ClN4O. The number of amides is 1. The summed E-state index contributed by atoms with van der Waals surface area (Å²) in [6.07, 6.45) is 7.80. The summed E-state index contributed by atoms with van der Waals surface area (Å²) in [5.41, 5.74) is 1.56. The normalized spacial score (nSPS) is 10.5. The molecule has 23 heavy (non-hydrogen) atoms. The van der Waals surface area contributed by atoms with E-state index in [0.29, 0.717) is 22.9 Å². The van der Waals surface area contributed by atoms with Gasteiger partial charge in [0.15, 0.2) is 5.82 Å². The zero-order chi connectivity index (χ0) is 16.5. The highest BCUT2D eigenvalue weighted by molar-refractivity contribution is 6.30. The summed E-state index contributed by atoms with van der Waals surface area (Å²) in [5.74, 6) is 0.573. The van der Waals surface area contributed by atoms with Crippen LogP contribution in [-0.2, 0) is 4.79 Å². The van der Waals surface area contributed by atoms with Gasteiger partial charge in [-0.15, -0.1) is 0 Å². The molecule has 1 amide bonds. The summed E-state index contributed by atoms with van der Waals surface area (Å²) in [6.45, 7) is 2.18.